The van der Waals surface area contributed by atoms with E-state index in [1.807, 2.05) is 0 Å². The molecule has 2 heterocycles. The molecule has 6 heteroatoms. The number of hydrogen-bond donors (Lipinski definition) is 4. The van der Waals surface area contributed by atoms with Crippen LogP contribution in [-0.4, -0.2) is 32.5 Å². The third-order valence-electron chi connectivity index (χ3n) is 6.80. The summed E-state index contributed by atoms with van der Waals surface area (Å²) in [6.07, 6.45) is 8.29. The molecule has 1 aliphatic carbocycles. The van der Waals surface area contributed by atoms with Crippen LogP contribution in [0.15, 0.2) is 66.9 Å². The topological polar surface area (TPSA) is 84.2 Å². The van der Waals surface area contributed by atoms with Crippen molar-refractivity contribution < 1.29 is 10.0 Å². The van der Waals surface area contributed by atoms with Crippen LogP contribution in [0.3, 0.4) is 0 Å². The first kappa shape index (κ1) is 22.2. The van der Waals surface area contributed by atoms with Gasteiger partial charge in [0, 0.05) is 53.7 Å². The summed E-state index contributed by atoms with van der Waals surface area (Å²) in [7, 11) is 0. The van der Waals surface area contributed by atoms with Gasteiger partial charge in [0.05, 0.1) is 0 Å². The van der Waals surface area contributed by atoms with Crippen LogP contribution in [0.5, 0.6) is 0 Å². The van der Waals surface area contributed by atoms with E-state index in [4.69, 9.17) is 5.21 Å². The maximum Gasteiger partial charge on any atom is 0.267 e. The number of aromatic amines is 2. The molecule has 34 heavy (non-hydrogen) atoms. The van der Waals surface area contributed by atoms with Gasteiger partial charge in [-0.05, 0) is 72.7 Å². The average Bonchev–Trinajstić information content (AvgIpc) is 3.58. The molecule has 6 nitrogen and oxygen atoms in total. The van der Waals surface area contributed by atoms with Crippen LogP contribution in [0.1, 0.15) is 46.1 Å². The van der Waals surface area contributed by atoms with Crippen LogP contribution in [0.25, 0.3) is 17.0 Å². The molecule has 2 aromatic carbocycles. The Balaban J connectivity index is 1.38. The highest BCUT2D eigenvalue weighted by Crippen LogP contribution is 2.37. The zero-order chi connectivity index (χ0) is 23.5. The van der Waals surface area contributed by atoms with Gasteiger partial charge in [-0.3, -0.25) is 14.9 Å². The number of para-hydroxylation sites is 1. The molecule has 1 atom stereocenters. The number of amides is 1. The number of hydroxylamine groups is 1. The van der Waals surface area contributed by atoms with E-state index < -0.39 is 5.91 Å². The van der Waals surface area contributed by atoms with Gasteiger partial charge in [0.25, 0.3) is 5.91 Å². The van der Waals surface area contributed by atoms with Crippen molar-refractivity contribution in [1.29, 1.82) is 0 Å². The number of carbonyl (C=O) groups is 1. The van der Waals surface area contributed by atoms with Crippen LogP contribution < -0.4 is 5.48 Å². The van der Waals surface area contributed by atoms with Crippen LogP contribution in [0.2, 0.25) is 0 Å². The van der Waals surface area contributed by atoms with E-state index >= 15 is 0 Å². The molecule has 0 saturated carbocycles. The lowest BCUT2D eigenvalue weighted by Crippen LogP contribution is -2.29. The molecule has 0 saturated heterocycles. The Hall–Kier alpha value is -3.61. The Morgan fingerprint density at radius 1 is 1.21 bits per heavy atom. The van der Waals surface area contributed by atoms with Crippen LogP contribution >= 0.6 is 0 Å². The summed E-state index contributed by atoms with van der Waals surface area (Å²) in [4.78, 5) is 20.8. The summed E-state index contributed by atoms with van der Waals surface area (Å²) in [6, 6.07) is 19.6. The monoisotopic (exact) mass is 454 g/mol. The van der Waals surface area contributed by atoms with Gasteiger partial charge in [-0.2, -0.15) is 0 Å². The van der Waals surface area contributed by atoms with E-state index in [0.717, 1.165) is 37.9 Å². The summed E-state index contributed by atoms with van der Waals surface area (Å²) in [6.45, 7) is 3.93. The SMILES string of the molecule is Cc1ccc(CN(CCc2c[nH]c3ccccc23)C2CCc3cc(/C=C/C(=O)NO)ccc32)[nH]1. The minimum Gasteiger partial charge on any atom is -0.361 e. The fourth-order valence-electron chi connectivity index (χ4n) is 5.13. The third kappa shape index (κ3) is 4.69. The van der Waals surface area contributed by atoms with E-state index in [-0.39, 0.29) is 0 Å². The maximum atomic E-state index is 11.3. The lowest BCUT2D eigenvalue weighted by atomic mass is 10.0. The molecule has 0 radical (unpaired) electrons. The third-order valence-corrected chi connectivity index (χ3v) is 6.80. The smallest absolute Gasteiger partial charge is 0.267 e. The molecule has 0 aliphatic heterocycles. The van der Waals surface area contributed by atoms with Crippen LogP contribution in [-0.2, 0) is 24.2 Å². The van der Waals surface area contributed by atoms with Crippen molar-refractivity contribution in [2.75, 3.05) is 6.54 Å². The number of carbonyl (C=O) groups excluding carboxylic acids is 1. The Morgan fingerprint density at radius 3 is 2.91 bits per heavy atom. The van der Waals surface area contributed by atoms with Crippen molar-refractivity contribution in [3.63, 3.8) is 0 Å². The number of rotatable bonds is 8. The molecule has 174 valence electrons. The highest BCUT2D eigenvalue weighted by molar-refractivity contribution is 5.90. The molecule has 0 fully saturated rings. The Bertz CT molecular complexity index is 1330. The average molecular weight is 455 g/mol. The van der Waals surface area contributed by atoms with Gasteiger partial charge in [-0.15, -0.1) is 0 Å². The largest absolute Gasteiger partial charge is 0.361 e. The molecule has 1 amide bonds. The first-order valence-electron chi connectivity index (χ1n) is 11.8. The second-order valence-electron chi connectivity index (χ2n) is 9.07. The first-order valence-corrected chi connectivity index (χ1v) is 11.8. The summed E-state index contributed by atoms with van der Waals surface area (Å²) in [5.41, 5.74) is 10.3. The van der Waals surface area contributed by atoms with Gasteiger partial charge in [-0.25, -0.2) is 5.48 Å². The number of fused-ring (bicyclic) bond motifs is 2. The first-order chi connectivity index (χ1) is 16.6. The van der Waals surface area contributed by atoms with E-state index in [1.165, 1.54) is 45.1 Å². The van der Waals surface area contributed by atoms with Gasteiger partial charge in [0.1, 0.15) is 0 Å². The maximum absolute atomic E-state index is 11.3. The van der Waals surface area contributed by atoms with Crippen molar-refractivity contribution >= 4 is 22.9 Å². The van der Waals surface area contributed by atoms with Crippen molar-refractivity contribution in [3.8, 4) is 0 Å². The van der Waals surface area contributed by atoms with E-state index in [0.29, 0.717) is 6.04 Å². The van der Waals surface area contributed by atoms with E-state index in [2.05, 4.69) is 82.6 Å². The van der Waals surface area contributed by atoms with Crippen molar-refractivity contribution in [2.24, 2.45) is 0 Å². The van der Waals surface area contributed by atoms with Gasteiger partial charge >= 0.3 is 0 Å². The quantitative estimate of drug-likeness (QED) is 0.171. The normalized spacial score (nSPS) is 15.4. The van der Waals surface area contributed by atoms with Crippen LogP contribution in [0.4, 0.5) is 0 Å². The van der Waals surface area contributed by atoms with Gasteiger partial charge in [0.2, 0.25) is 0 Å². The standard InChI is InChI=1S/C28H30N4O2/c1-19-6-10-23(30-19)18-32(15-14-22-17-29-26-5-3-2-4-24(22)26)27-12-9-21-16-20(7-11-25(21)27)8-13-28(33)31-34/h2-8,10-11,13,16-17,27,29-30,34H,9,12,14-15,18H2,1H3,(H,31,33)/b13-8+. The molecule has 0 spiro atoms. The molecule has 1 unspecified atom stereocenters. The Labute approximate surface area is 199 Å². The molecule has 2 aromatic heterocycles. The van der Waals surface area contributed by atoms with E-state index in [9.17, 15) is 4.79 Å². The number of nitrogens with zero attached hydrogens (tertiary/aromatic N) is 1. The summed E-state index contributed by atoms with van der Waals surface area (Å²) >= 11 is 0. The molecular weight excluding hydrogens is 424 g/mol. The van der Waals surface area contributed by atoms with Crippen LogP contribution in [0, 0.1) is 6.92 Å². The number of benzene rings is 2. The zero-order valence-corrected chi connectivity index (χ0v) is 19.3. The Morgan fingerprint density at radius 2 is 2.09 bits per heavy atom. The number of aromatic nitrogens is 2. The summed E-state index contributed by atoms with van der Waals surface area (Å²) < 4.78 is 0. The molecular formula is C28H30N4O2. The minimum absolute atomic E-state index is 0.350. The van der Waals surface area contributed by atoms with Crippen molar-refractivity contribution in [3.05, 3.63) is 101 Å². The highest BCUT2D eigenvalue weighted by Gasteiger charge is 2.28. The fourth-order valence-corrected chi connectivity index (χ4v) is 5.13. The second kappa shape index (κ2) is 9.71. The molecule has 4 aromatic rings. The number of H-pyrrole nitrogens is 2. The summed E-state index contributed by atoms with van der Waals surface area (Å²) in [5, 5.41) is 10.0. The lowest BCUT2D eigenvalue weighted by Gasteiger charge is -2.29. The molecule has 5 rings (SSSR count). The van der Waals surface area contributed by atoms with E-state index in [1.54, 1.807) is 11.6 Å². The predicted molar refractivity (Wildman–Crippen MR) is 134 cm³/mol. The Kier molecular flexibility index (Phi) is 6.34. The summed E-state index contributed by atoms with van der Waals surface area (Å²) in [5.74, 6) is -0.525. The van der Waals surface area contributed by atoms with Crippen molar-refractivity contribution in [1.82, 2.24) is 20.3 Å². The molecule has 0 bridgehead atoms. The number of aryl methyl sites for hydroxylation is 2. The number of hydrogen-bond acceptors (Lipinski definition) is 3. The minimum atomic E-state index is -0.525. The second-order valence-corrected chi connectivity index (χ2v) is 9.07. The fraction of sp³-hybridized carbons (Fsp3) is 0.250. The molecule has 4 N–H and O–H groups in total. The highest BCUT2D eigenvalue weighted by atomic mass is 16.5. The van der Waals surface area contributed by atoms with Gasteiger partial charge in [-0.1, -0.05) is 36.4 Å². The van der Waals surface area contributed by atoms with Gasteiger partial charge in [0.15, 0.2) is 0 Å². The predicted octanol–water partition coefficient (Wildman–Crippen LogP) is 5.06. The van der Waals surface area contributed by atoms with Crippen molar-refractivity contribution in [2.45, 2.75) is 38.8 Å². The number of nitrogens with one attached hydrogen (secondary N) is 3. The van der Waals surface area contributed by atoms with Gasteiger partial charge < -0.3 is 9.97 Å². The molecule has 1 aliphatic rings. The zero-order valence-electron chi connectivity index (χ0n) is 19.3. The lowest BCUT2D eigenvalue weighted by molar-refractivity contribution is -0.124.